The van der Waals surface area contributed by atoms with Crippen LogP contribution in [0, 0.1) is 5.41 Å². The van der Waals surface area contributed by atoms with Gasteiger partial charge in [0.2, 0.25) is 0 Å². The monoisotopic (exact) mass is 750 g/mol. The van der Waals surface area contributed by atoms with Crippen LogP contribution in [0.4, 0.5) is 0 Å². The van der Waals surface area contributed by atoms with E-state index in [0.29, 0.717) is 17.4 Å². The number of ether oxygens (including phenoxy) is 1. The summed E-state index contributed by atoms with van der Waals surface area (Å²) in [5.74, 6) is 0.105. The lowest BCUT2D eigenvalue weighted by Crippen LogP contribution is -3.00. The number of carboxylic acid groups (broad SMARTS) is 1. The highest BCUT2D eigenvalue weighted by Gasteiger charge is 2.26. The van der Waals surface area contributed by atoms with Gasteiger partial charge in [0.25, 0.3) is 0 Å². The molecule has 6 nitrogen and oxygen atoms in total. The number of nitrogens with zero attached hydrogens (tertiary/aromatic N) is 1. The van der Waals surface area contributed by atoms with E-state index in [1.165, 1.54) is 48.2 Å². The molecular formula is C44H92ClNO5. The summed E-state index contributed by atoms with van der Waals surface area (Å²) >= 11 is 0. The van der Waals surface area contributed by atoms with Gasteiger partial charge in [0.15, 0.2) is 0 Å². The van der Waals surface area contributed by atoms with Crippen molar-refractivity contribution in [3.05, 3.63) is 71.3 Å². The third kappa shape index (κ3) is 30.9. The lowest BCUT2D eigenvalue weighted by atomic mass is 9.91. The molecule has 0 bridgehead atoms. The minimum atomic E-state index is -0.865. The number of carboxylic acids is 1. The molecule has 2 aromatic rings. The van der Waals surface area contributed by atoms with Gasteiger partial charge >= 0.3 is 11.9 Å². The van der Waals surface area contributed by atoms with Gasteiger partial charge < -0.3 is 31.8 Å². The van der Waals surface area contributed by atoms with Crippen molar-refractivity contribution in [2.24, 2.45) is 5.41 Å². The summed E-state index contributed by atoms with van der Waals surface area (Å²) in [5.41, 5.74) is 2.58. The molecule has 0 saturated carbocycles. The molecule has 310 valence electrons. The van der Waals surface area contributed by atoms with Crippen LogP contribution in [0.3, 0.4) is 0 Å². The van der Waals surface area contributed by atoms with Crippen LogP contribution in [0.2, 0.25) is 0 Å². The molecule has 0 aliphatic heterocycles. The summed E-state index contributed by atoms with van der Waals surface area (Å²) in [6.07, 6.45) is 3.05. The fourth-order valence-electron chi connectivity index (χ4n) is 4.03. The highest BCUT2D eigenvalue weighted by Crippen LogP contribution is 2.21. The van der Waals surface area contributed by atoms with Gasteiger partial charge in [-0.2, -0.15) is 0 Å². The van der Waals surface area contributed by atoms with E-state index in [1.54, 1.807) is 12.1 Å². The van der Waals surface area contributed by atoms with Gasteiger partial charge in [-0.15, -0.1) is 0 Å². The number of benzene rings is 2. The quantitative estimate of drug-likeness (QED) is 0.157. The molecule has 2 rings (SSSR count). The second-order valence-corrected chi connectivity index (χ2v) is 11.7. The molecule has 51 heavy (non-hydrogen) atoms. The molecule has 2 atom stereocenters. The molecule has 0 spiro atoms. The van der Waals surface area contributed by atoms with Crippen molar-refractivity contribution in [2.75, 3.05) is 39.4 Å². The molecule has 0 amide bonds. The number of esters is 1. The van der Waals surface area contributed by atoms with Crippen LogP contribution in [0.15, 0.2) is 54.6 Å². The maximum absolute atomic E-state index is 11.1. The summed E-state index contributed by atoms with van der Waals surface area (Å²) in [4.78, 5) is 21.7. The van der Waals surface area contributed by atoms with E-state index in [9.17, 15) is 9.59 Å². The maximum Gasteiger partial charge on any atom is 0.335 e. The molecule has 2 N–H and O–H groups in total. The summed E-state index contributed by atoms with van der Waals surface area (Å²) in [6, 6.07) is 17.7. The minimum absolute atomic E-state index is 0. The molecule has 0 aliphatic rings. The summed E-state index contributed by atoms with van der Waals surface area (Å²) in [5, 5.41) is 17.0. The third-order valence-corrected chi connectivity index (χ3v) is 8.76. The molecule has 0 radical (unpaired) electrons. The molecule has 0 aliphatic carbocycles. The summed E-state index contributed by atoms with van der Waals surface area (Å²) < 4.78 is 6.04. The second-order valence-electron chi connectivity index (χ2n) is 11.7. The fourth-order valence-corrected chi connectivity index (χ4v) is 4.03. The Hall–Kier alpha value is -2.41. The molecule has 0 saturated heterocycles. The Balaban J connectivity index is -0.0000000526. The minimum Gasteiger partial charge on any atom is -1.00 e. The van der Waals surface area contributed by atoms with Gasteiger partial charge in [0, 0.05) is 0 Å². The number of carbonyl (C=O) groups excluding carboxylic acids is 1. The molecule has 7 heteroatoms. The molecular weight excluding hydrogens is 658 g/mol. The van der Waals surface area contributed by atoms with E-state index in [2.05, 4.69) is 85.7 Å². The SMILES string of the molecule is C.C.C.C.C.C.C.CCC(C)(C)C(=O)OCCO.CCC(C)c1ccc(C(=O)O)cc1.CCC(C)c1ccccc1.CC[N+](CC)(CC)CC.[Cl-]. The van der Waals surface area contributed by atoms with E-state index < -0.39 is 11.4 Å². The number of hydrogen-bond acceptors (Lipinski definition) is 4. The van der Waals surface area contributed by atoms with Crippen molar-refractivity contribution in [3.8, 4) is 0 Å². The molecule has 0 aromatic heterocycles. The first-order valence-electron chi connectivity index (χ1n) is 16.3. The van der Waals surface area contributed by atoms with E-state index >= 15 is 0 Å². The van der Waals surface area contributed by atoms with E-state index in [0.717, 1.165) is 12.8 Å². The van der Waals surface area contributed by atoms with Gasteiger partial charge in [-0.25, -0.2) is 4.79 Å². The average Bonchev–Trinajstić information content (AvgIpc) is 3.05. The first-order chi connectivity index (χ1) is 20.3. The topological polar surface area (TPSA) is 83.8 Å². The highest BCUT2D eigenvalue weighted by molar-refractivity contribution is 5.87. The summed E-state index contributed by atoms with van der Waals surface area (Å²) in [7, 11) is 0. The van der Waals surface area contributed by atoms with Crippen LogP contribution in [-0.2, 0) is 9.53 Å². The zero-order chi connectivity index (χ0) is 33.5. The van der Waals surface area contributed by atoms with Crippen LogP contribution < -0.4 is 12.4 Å². The molecule has 2 unspecified atom stereocenters. The largest absolute Gasteiger partial charge is 1.00 e. The fraction of sp³-hybridized carbons (Fsp3) is 0.682. The highest BCUT2D eigenvalue weighted by atomic mass is 35.5. The lowest BCUT2D eigenvalue weighted by molar-refractivity contribution is -0.921. The number of rotatable bonds is 13. The van der Waals surface area contributed by atoms with Crippen molar-refractivity contribution in [1.29, 1.82) is 0 Å². The number of aliphatic hydroxyl groups is 1. The van der Waals surface area contributed by atoms with Crippen LogP contribution in [-0.4, -0.2) is 66.0 Å². The zero-order valence-corrected chi connectivity index (χ0v) is 30.4. The number of aromatic carboxylic acids is 1. The van der Waals surface area contributed by atoms with Gasteiger partial charge in [-0.1, -0.05) is 129 Å². The second kappa shape index (κ2) is 42.0. The standard InChI is InChI=1S/C11H14O2.C10H14.C8H20N.C8H16O3.7CH4.ClH/c1-3-8(2)9-4-6-10(7-5-9)11(12)13;1-3-9(2)10-7-5-4-6-8-10;1-5-9(6-2,7-3)8-4;1-4-8(2,3)7(10)11-6-5-9;;;;;;;;/h4-8H,3H2,1-2H3,(H,12,13);4-9H,3H2,1-2H3;5-8H2,1-4H3;9H,4-6H2,1-3H3;7*1H4;1H/q;;+1;;;;;;;;;/p-1. The number of carbonyl (C=O) groups is 2. The van der Waals surface area contributed by atoms with Crippen LogP contribution in [0.1, 0.15) is 181 Å². The van der Waals surface area contributed by atoms with Crippen LogP contribution >= 0.6 is 0 Å². The predicted molar refractivity (Wildman–Crippen MR) is 229 cm³/mol. The van der Waals surface area contributed by atoms with Crippen LogP contribution in [0.5, 0.6) is 0 Å². The van der Waals surface area contributed by atoms with Crippen molar-refractivity contribution >= 4 is 11.9 Å². The third-order valence-electron chi connectivity index (χ3n) is 8.76. The average molecular weight is 751 g/mol. The molecule has 0 fully saturated rings. The Labute approximate surface area is 327 Å². The Morgan fingerprint density at radius 2 is 1.02 bits per heavy atom. The van der Waals surface area contributed by atoms with Crippen molar-refractivity contribution in [1.82, 2.24) is 0 Å². The number of quaternary nitrogens is 1. The number of hydrogen-bond donors (Lipinski definition) is 2. The first-order valence-corrected chi connectivity index (χ1v) is 16.3. The van der Waals surface area contributed by atoms with Crippen molar-refractivity contribution in [3.63, 3.8) is 0 Å². The summed E-state index contributed by atoms with van der Waals surface area (Å²) in [6.45, 7) is 28.5. The Kier molecular flexibility index (Phi) is 60.9. The van der Waals surface area contributed by atoms with E-state index in [1.807, 2.05) is 32.9 Å². The van der Waals surface area contributed by atoms with Crippen molar-refractivity contribution in [2.45, 2.75) is 159 Å². The van der Waals surface area contributed by atoms with Crippen molar-refractivity contribution < 1.29 is 41.4 Å². The Morgan fingerprint density at radius 3 is 1.27 bits per heavy atom. The van der Waals surface area contributed by atoms with Gasteiger partial charge in [-0.3, -0.25) is 4.79 Å². The van der Waals surface area contributed by atoms with Gasteiger partial charge in [-0.05, 0) is 95.9 Å². The Bertz CT molecular complexity index is 959. The predicted octanol–water partition coefficient (Wildman–Crippen LogP) is 10.4. The van der Waals surface area contributed by atoms with Gasteiger partial charge in [0.05, 0.1) is 43.8 Å². The first kappa shape index (κ1) is 73.9. The normalized spacial score (nSPS) is 10.3. The Morgan fingerprint density at radius 1 is 0.667 bits per heavy atom. The molecule has 0 heterocycles. The molecule has 2 aromatic carbocycles. The van der Waals surface area contributed by atoms with E-state index in [-0.39, 0.29) is 83.6 Å². The smallest absolute Gasteiger partial charge is 0.335 e. The zero-order valence-electron chi connectivity index (χ0n) is 29.7. The maximum atomic E-state index is 11.1. The number of halogens is 1. The van der Waals surface area contributed by atoms with Crippen LogP contribution in [0.25, 0.3) is 0 Å². The lowest BCUT2D eigenvalue weighted by Gasteiger charge is -2.34. The van der Waals surface area contributed by atoms with Gasteiger partial charge in [0.1, 0.15) is 6.61 Å². The number of aliphatic hydroxyl groups excluding tert-OH is 1. The van der Waals surface area contributed by atoms with E-state index in [4.69, 9.17) is 14.9 Å².